The highest BCUT2D eigenvalue weighted by molar-refractivity contribution is 14.1. The predicted octanol–water partition coefficient (Wildman–Crippen LogP) is 2.55. The van der Waals surface area contributed by atoms with E-state index in [1.54, 1.807) is 6.07 Å². The Kier molecular flexibility index (Phi) is 3.32. The molecule has 0 aliphatic heterocycles. The Morgan fingerprint density at radius 3 is 1.83 bits per heavy atom. The maximum atomic E-state index is 12.4. The van der Waals surface area contributed by atoms with Crippen LogP contribution >= 0.6 is 45.2 Å². The number of halogens is 3. The van der Waals surface area contributed by atoms with Crippen molar-refractivity contribution in [1.82, 2.24) is 0 Å². The van der Waals surface area contributed by atoms with Gasteiger partial charge in [-0.25, -0.2) is 0 Å². The summed E-state index contributed by atoms with van der Waals surface area (Å²) in [5.74, 6) is 0. The van der Waals surface area contributed by atoms with Crippen LogP contribution in [-0.2, 0) is 10.2 Å². The van der Waals surface area contributed by atoms with E-state index in [9.17, 15) is 12.3 Å². The van der Waals surface area contributed by atoms with Crippen molar-refractivity contribution in [3.63, 3.8) is 0 Å². The summed E-state index contributed by atoms with van der Waals surface area (Å²) in [6, 6.07) is 4.34. The van der Waals surface area contributed by atoms with Gasteiger partial charge < -0.3 is 0 Å². The lowest BCUT2D eigenvalue weighted by Crippen LogP contribution is -1.93. The van der Waals surface area contributed by atoms with Gasteiger partial charge in [0.15, 0.2) is 0 Å². The lowest BCUT2D eigenvalue weighted by molar-refractivity contribution is 0.552. The molecule has 0 aromatic heterocycles. The zero-order chi connectivity index (χ0) is 9.35. The van der Waals surface area contributed by atoms with E-state index in [1.165, 1.54) is 12.1 Å². The van der Waals surface area contributed by atoms with Crippen LogP contribution in [-0.4, -0.2) is 8.42 Å². The van der Waals surface area contributed by atoms with Gasteiger partial charge in [-0.1, -0.05) is 0 Å². The maximum Gasteiger partial charge on any atom is 0.332 e. The molecule has 0 N–H and O–H groups in total. The van der Waals surface area contributed by atoms with Crippen LogP contribution in [0, 0.1) is 7.14 Å². The lowest BCUT2D eigenvalue weighted by Gasteiger charge is -1.97. The van der Waals surface area contributed by atoms with Gasteiger partial charge in [0.25, 0.3) is 0 Å². The van der Waals surface area contributed by atoms with Crippen molar-refractivity contribution >= 4 is 55.4 Å². The molecule has 0 fully saturated rings. The summed E-state index contributed by atoms with van der Waals surface area (Å²) in [5, 5.41) is 0. The first-order valence-corrected chi connectivity index (χ1v) is 6.34. The van der Waals surface area contributed by atoms with Gasteiger partial charge >= 0.3 is 10.2 Å². The van der Waals surface area contributed by atoms with Crippen molar-refractivity contribution in [2.24, 2.45) is 0 Å². The first-order valence-electron chi connectivity index (χ1n) is 2.80. The zero-order valence-corrected chi connectivity index (χ0v) is 10.7. The van der Waals surface area contributed by atoms with Crippen LogP contribution in [0.3, 0.4) is 0 Å². The van der Waals surface area contributed by atoms with Gasteiger partial charge in [0, 0.05) is 7.14 Å². The van der Waals surface area contributed by atoms with Gasteiger partial charge in [-0.15, -0.1) is 3.89 Å². The quantitative estimate of drug-likeness (QED) is 0.525. The minimum absolute atomic E-state index is 0.279. The molecule has 0 saturated heterocycles. The summed E-state index contributed by atoms with van der Waals surface area (Å²) in [5.41, 5.74) is 0. The topological polar surface area (TPSA) is 34.1 Å². The van der Waals surface area contributed by atoms with Crippen molar-refractivity contribution in [2.45, 2.75) is 4.90 Å². The highest BCUT2D eigenvalue weighted by atomic mass is 127. The van der Waals surface area contributed by atoms with Crippen LogP contribution in [0.2, 0.25) is 0 Å². The SMILES string of the molecule is O=S(=O)(F)c1cc(I)cc(I)c1. The van der Waals surface area contributed by atoms with Crippen molar-refractivity contribution in [2.75, 3.05) is 0 Å². The molecule has 0 radical (unpaired) electrons. The fourth-order valence-electron chi connectivity index (χ4n) is 0.669. The molecule has 0 unspecified atom stereocenters. The molecule has 1 aromatic rings. The molecule has 66 valence electrons. The summed E-state index contributed by atoms with van der Waals surface area (Å²) in [4.78, 5) is -0.279. The summed E-state index contributed by atoms with van der Waals surface area (Å²) in [6.45, 7) is 0. The van der Waals surface area contributed by atoms with E-state index in [4.69, 9.17) is 0 Å². The van der Waals surface area contributed by atoms with Crippen molar-refractivity contribution < 1.29 is 12.3 Å². The molecule has 0 saturated carbocycles. The fraction of sp³-hybridized carbons (Fsp3) is 0. The second kappa shape index (κ2) is 3.74. The molecule has 0 heterocycles. The van der Waals surface area contributed by atoms with Crippen molar-refractivity contribution in [3.8, 4) is 0 Å². The third-order valence-electron chi connectivity index (χ3n) is 1.12. The van der Waals surface area contributed by atoms with Crippen molar-refractivity contribution in [1.29, 1.82) is 0 Å². The zero-order valence-electron chi connectivity index (χ0n) is 5.59. The van der Waals surface area contributed by atoms with Gasteiger partial charge in [-0.05, 0) is 63.4 Å². The average Bonchev–Trinajstić information content (AvgIpc) is 1.82. The summed E-state index contributed by atoms with van der Waals surface area (Å²) in [7, 11) is -4.56. The van der Waals surface area contributed by atoms with Crippen LogP contribution in [0.4, 0.5) is 3.89 Å². The number of hydrogen-bond acceptors (Lipinski definition) is 2. The molecule has 0 aliphatic rings. The van der Waals surface area contributed by atoms with Gasteiger partial charge in [0.05, 0.1) is 0 Å². The molecule has 1 rings (SSSR count). The van der Waals surface area contributed by atoms with Gasteiger partial charge in [-0.2, -0.15) is 8.42 Å². The van der Waals surface area contributed by atoms with Gasteiger partial charge in [0.2, 0.25) is 0 Å². The molecule has 0 amide bonds. The van der Waals surface area contributed by atoms with Crippen LogP contribution in [0.1, 0.15) is 0 Å². The summed E-state index contributed by atoms with van der Waals surface area (Å²) >= 11 is 3.87. The molecule has 6 heteroatoms. The molecule has 12 heavy (non-hydrogen) atoms. The van der Waals surface area contributed by atoms with E-state index in [1.807, 2.05) is 45.2 Å². The molecular weight excluding hydrogens is 409 g/mol. The maximum absolute atomic E-state index is 12.4. The largest absolute Gasteiger partial charge is 0.332 e. The first-order chi connectivity index (χ1) is 5.39. The van der Waals surface area contributed by atoms with Gasteiger partial charge in [0.1, 0.15) is 4.90 Å². The third-order valence-corrected chi connectivity index (χ3v) is 3.16. The van der Waals surface area contributed by atoms with E-state index in [0.29, 0.717) is 7.14 Å². The minimum atomic E-state index is -4.56. The predicted molar refractivity (Wildman–Crippen MR) is 60.2 cm³/mol. The molecule has 1 aromatic carbocycles. The lowest BCUT2D eigenvalue weighted by atomic mass is 10.4. The Balaban J connectivity index is 3.37. The third kappa shape index (κ3) is 2.80. The van der Waals surface area contributed by atoms with E-state index >= 15 is 0 Å². The Bertz CT molecular complexity index is 382. The molecule has 0 spiro atoms. The highest BCUT2D eigenvalue weighted by Crippen LogP contribution is 2.19. The van der Waals surface area contributed by atoms with Gasteiger partial charge in [-0.3, -0.25) is 0 Å². The Morgan fingerprint density at radius 2 is 1.50 bits per heavy atom. The van der Waals surface area contributed by atoms with E-state index in [0.717, 1.165) is 0 Å². The Morgan fingerprint density at radius 1 is 1.08 bits per heavy atom. The summed E-state index contributed by atoms with van der Waals surface area (Å²) < 4.78 is 34.8. The monoisotopic (exact) mass is 412 g/mol. The second-order valence-corrected chi connectivity index (χ2v) is 5.88. The molecular formula is C6H3FI2O2S. The first kappa shape index (κ1) is 10.6. The molecule has 0 atom stereocenters. The number of benzene rings is 1. The molecule has 2 nitrogen and oxygen atoms in total. The highest BCUT2D eigenvalue weighted by Gasteiger charge is 2.12. The Labute approximate surface area is 97.0 Å². The smallest absolute Gasteiger partial charge is 0.189 e. The van der Waals surface area contributed by atoms with Crippen LogP contribution < -0.4 is 0 Å². The normalized spacial score (nSPS) is 11.6. The van der Waals surface area contributed by atoms with Crippen molar-refractivity contribution in [3.05, 3.63) is 25.3 Å². The average molecular weight is 412 g/mol. The minimum Gasteiger partial charge on any atom is -0.189 e. The van der Waals surface area contributed by atoms with Crippen LogP contribution in [0.25, 0.3) is 0 Å². The number of rotatable bonds is 1. The molecule has 0 bridgehead atoms. The van der Waals surface area contributed by atoms with Crippen LogP contribution in [0.5, 0.6) is 0 Å². The van der Waals surface area contributed by atoms with Crippen LogP contribution in [0.15, 0.2) is 23.1 Å². The van der Waals surface area contributed by atoms with E-state index in [2.05, 4.69) is 0 Å². The molecule has 0 aliphatic carbocycles. The fourth-order valence-corrected chi connectivity index (χ4v) is 3.57. The van der Waals surface area contributed by atoms with E-state index < -0.39 is 10.2 Å². The Hall–Kier alpha value is 0.560. The van der Waals surface area contributed by atoms with E-state index in [-0.39, 0.29) is 4.90 Å². The standard InChI is InChI=1S/C6H3FI2O2S/c7-12(10,11)6-2-4(8)1-5(9)3-6/h1-3H. The summed E-state index contributed by atoms with van der Waals surface area (Å²) in [6.07, 6.45) is 0. The second-order valence-electron chi connectivity index (χ2n) is 2.04. The number of hydrogen-bond donors (Lipinski definition) is 0.